The number of benzene rings is 2. The van der Waals surface area contributed by atoms with E-state index in [1.807, 2.05) is 0 Å². The summed E-state index contributed by atoms with van der Waals surface area (Å²) in [5.41, 5.74) is -1.41. The first-order valence-electron chi connectivity index (χ1n) is 10.2. The summed E-state index contributed by atoms with van der Waals surface area (Å²) in [7, 11) is 0. The predicted molar refractivity (Wildman–Crippen MR) is 105 cm³/mol. The lowest BCUT2D eigenvalue weighted by Gasteiger charge is -2.37. The Morgan fingerprint density at radius 1 is 0.588 bits per heavy atom. The van der Waals surface area contributed by atoms with Gasteiger partial charge in [-0.1, -0.05) is 13.8 Å². The Hall–Kier alpha value is -3.44. The zero-order valence-corrected chi connectivity index (χ0v) is 17.7. The molecule has 2 unspecified atom stereocenters. The Morgan fingerprint density at radius 2 is 0.824 bits per heavy atom. The molecular formula is C22H16F6N2O4. The van der Waals surface area contributed by atoms with E-state index < -0.39 is 60.9 Å². The minimum absolute atomic E-state index is 0.0922. The van der Waals surface area contributed by atoms with Gasteiger partial charge in [0.25, 0.3) is 23.6 Å². The highest BCUT2D eigenvalue weighted by Gasteiger charge is 2.52. The summed E-state index contributed by atoms with van der Waals surface area (Å²) in [6, 6.07) is -0.823. The van der Waals surface area contributed by atoms with Crippen LogP contribution in [-0.4, -0.2) is 57.9 Å². The molecule has 2 aromatic carbocycles. The highest BCUT2D eigenvalue weighted by molar-refractivity contribution is 6.33. The molecule has 0 bridgehead atoms. The first kappa shape index (κ1) is 23.7. The third kappa shape index (κ3) is 3.18. The van der Waals surface area contributed by atoms with Gasteiger partial charge in [-0.25, -0.2) is 0 Å². The molecule has 2 aromatic rings. The lowest BCUT2D eigenvalue weighted by atomic mass is 9.85. The summed E-state index contributed by atoms with van der Waals surface area (Å²) in [6.07, 6.45) is -11.0. The van der Waals surface area contributed by atoms with Crippen molar-refractivity contribution in [2.24, 2.45) is 0 Å². The molecule has 34 heavy (non-hydrogen) atoms. The lowest BCUT2D eigenvalue weighted by molar-refractivity contribution is -0.172. The molecule has 2 atom stereocenters. The molecule has 2 heterocycles. The topological polar surface area (TPSA) is 74.8 Å². The van der Waals surface area contributed by atoms with E-state index in [2.05, 4.69) is 0 Å². The minimum Gasteiger partial charge on any atom is -0.269 e. The van der Waals surface area contributed by atoms with Crippen LogP contribution >= 0.6 is 0 Å². The van der Waals surface area contributed by atoms with Crippen LogP contribution in [0.25, 0.3) is 10.8 Å². The van der Waals surface area contributed by atoms with Crippen molar-refractivity contribution in [3.05, 3.63) is 46.5 Å². The second-order valence-corrected chi connectivity index (χ2v) is 7.96. The maximum absolute atomic E-state index is 13.5. The van der Waals surface area contributed by atoms with Crippen LogP contribution in [0.15, 0.2) is 24.3 Å². The first-order chi connectivity index (χ1) is 15.8. The number of nitrogens with zero attached hydrogens (tertiary/aromatic N) is 2. The number of hydrogen-bond donors (Lipinski definition) is 0. The Morgan fingerprint density at radius 3 is 1.00 bits per heavy atom. The highest BCUT2D eigenvalue weighted by atomic mass is 19.4. The molecule has 4 rings (SSSR count). The van der Waals surface area contributed by atoms with Crippen LogP contribution < -0.4 is 0 Å². The van der Waals surface area contributed by atoms with Crippen molar-refractivity contribution >= 4 is 34.4 Å². The van der Waals surface area contributed by atoms with Crippen LogP contribution in [0.5, 0.6) is 0 Å². The first-order valence-corrected chi connectivity index (χ1v) is 10.2. The molecule has 0 aliphatic carbocycles. The van der Waals surface area contributed by atoms with Crippen LogP contribution in [0.3, 0.4) is 0 Å². The fourth-order valence-corrected chi connectivity index (χ4v) is 4.60. The molecular weight excluding hydrogens is 470 g/mol. The molecule has 180 valence electrons. The van der Waals surface area contributed by atoms with Gasteiger partial charge in [-0.15, -0.1) is 0 Å². The molecule has 2 aliphatic heterocycles. The Labute approximate surface area is 188 Å². The maximum Gasteiger partial charge on any atom is 0.409 e. The molecule has 0 radical (unpaired) electrons. The highest BCUT2D eigenvalue weighted by Crippen LogP contribution is 2.42. The Kier molecular flexibility index (Phi) is 5.26. The second-order valence-electron chi connectivity index (χ2n) is 7.96. The van der Waals surface area contributed by atoms with E-state index in [1.165, 1.54) is 0 Å². The van der Waals surface area contributed by atoms with Crippen molar-refractivity contribution in [1.29, 1.82) is 0 Å². The molecule has 0 saturated carbocycles. The fraction of sp³-hybridized carbons (Fsp3) is 0.364. The van der Waals surface area contributed by atoms with E-state index in [1.54, 1.807) is 0 Å². The number of carbonyl (C=O) groups is 4. The van der Waals surface area contributed by atoms with E-state index >= 15 is 0 Å². The zero-order chi connectivity index (χ0) is 25.3. The van der Waals surface area contributed by atoms with Crippen LogP contribution in [0.2, 0.25) is 0 Å². The summed E-state index contributed by atoms with van der Waals surface area (Å²) in [5.74, 6) is -5.08. The molecule has 4 amide bonds. The van der Waals surface area contributed by atoms with Gasteiger partial charge < -0.3 is 0 Å². The summed E-state index contributed by atoms with van der Waals surface area (Å²) in [4.78, 5) is 52.1. The SMILES string of the molecule is CCC(N1C(=O)c2ccc3c4c(ccc(c24)C1=O)C(=O)N(C(CC)C(F)(F)F)C3=O)C(F)(F)F. The lowest BCUT2D eigenvalue weighted by Crippen LogP contribution is -2.54. The Bertz CT molecular complexity index is 1100. The van der Waals surface area contributed by atoms with E-state index in [9.17, 15) is 45.5 Å². The normalized spacial score (nSPS) is 18.1. The minimum atomic E-state index is -4.90. The van der Waals surface area contributed by atoms with Crippen LogP contribution in [0, 0.1) is 0 Å². The number of amides is 4. The number of carbonyl (C=O) groups excluding carboxylic acids is 4. The average molecular weight is 486 g/mol. The van der Waals surface area contributed by atoms with Crippen molar-refractivity contribution in [3.63, 3.8) is 0 Å². The van der Waals surface area contributed by atoms with E-state index in [-0.39, 0.29) is 42.8 Å². The smallest absolute Gasteiger partial charge is 0.269 e. The molecule has 0 spiro atoms. The average Bonchev–Trinajstić information content (AvgIpc) is 2.74. The molecule has 0 fully saturated rings. The van der Waals surface area contributed by atoms with Gasteiger partial charge in [0.1, 0.15) is 12.1 Å². The third-order valence-corrected chi connectivity index (χ3v) is 6.11. The third-order valence-electron chi connectivity index (χ3n) is 6.11. The van der Waals surface area contributed by atoms with Gasteiger partial charge in [0.2, 0.25) is 0 Å². The quantitative estimate of drug-likeness (QED) is 0.463. The second kappa shape index (κ2) is 7.54. The van der Waals surface area contributed by atoms with Crippen molar-refractivity contribution in [3.8, 4) is 0 Å². The van der Waals surface area contributed by atoms with E-state index in [0.29, 0.717) is 0 Å². The zero-order valence-electron chi connectivity index (χ0n) is 17.7. The fourth-order valence-electron chi connectivity index (χ4n) is 4.60. The van der Waals surface area contributed by atoms with Crippen molar-refractivity contribution < 1.29 is 45.5 Å². The van der Waals surface area contributed by atoms with Crippen molar-refractivity contribution in [2.75, 3.05) is 0 Å². The van der Waals surface area contributed by atoms with Crippen LogP contribution in [-0.2, 0) is 0 Å². The van der Waals surface area contributed by atoms with Crippen LogP contribution in [0.1, 0.15) is 68.1 Å². The molecule has 0 N–H and O–H groups in total. The van der Waals surface area contributed by atoms with Crippen molar-refractivity contribution in [2.45, 2.75) is 51.1 Å². The number of halogens is 6. The number of hydrogen-bond acceptors (Lipinski definition) is 4. The number of imide groups is 2. The van der Waals surface area contributed by atoms with Gasteiger partial charge in [0, 0.05) is 33.0 Å². The summed E-state index contributed by atoms with van der Waals surface area (Å²) in [6.45, 7) is 2.32. The summed E-state index contributed by atoms with van der Waals surface area (Å²) >= 11 is 0. The van der Waals surface area contributed by atoms with Gasteiger partial charge in [-0.2, -0.15) is 26.3 Å². The van der Waals surface area contributed by atoms with Gasteiger partial charge in [0.05, 0.1) is 0 Å². The maximum atomic E-state index is 13.5. The number of rotatable bonds is 4. The molecule has 12 heteroatoms. The van der Waals surface area contributed by atoms with E-state index in [0.717, 1.165) is 38.1 Å². The molecule has 0 aromatic heterocycles. The largest absolute Gasteiger partial charge is 0.409 e. The predicted octanol–water partition coefficient (Wildman–Crippen LogP) is 4.71. The van der Waals surface area contributed by atoms with E-state index in [4.69, 9.17) is 0 Å². The molecule has 0 saturated heterocycles. The van der Waals surface area contributed by atoms with Gasteiger partial charge in [-0.05, 0) is 37.1 Å². The van der Waals surface area contributed by atoms with Crippen molar-refractivity contribution in [1.82, 2.24) is 9.80 Å². The number of alkyl halides is 6. The standard InChI is InChI=1S/C22H16F6N2O4/c1-3-13(21(23,24)25)29-17(31)9-5-7-11-16-12(8-6-10(15(9)16)18(29)32)20(34)30(19(11)33)14(4-2)22(26,27)28/h5-8,13-14H,3-4H2,1-2H3. The van der Waals surface area contributed by atoms with Gasteiger partial charge in [0.15, 0.2) is 0 Å². The summed E-state index contributed by atoms with van der Waals surface area (Å²) < 4.78 is 81.2. The van der Waals surface area contributed by atoms with Gasteiger partial charge in [-0.3, -0.25) is 29.0 Å². The van der Waals surface area contributed by atoms with Gasteiger partial charge >= 0.3 is 12.4 Å². The molecule has 6 nitrogen and oxygen atoms in total. The monoisotopic (exact) mass is 486 g/mol. The Balaban J connectivity index is 1.95. The molecule has 2 aliphatic rings. The summed E-state index contributed by atoms with van der Waals surface area (Å²) in [5, 5.41) is -0.445. The van der Waals surface area contributed by atoms with Crippen LogP contribution in [0.4, 0.5) is 26.3 Å².